The summed E-state index contributed by atoms with van der Waals surface area (Å²) in [5.74, 6) is 1.91. The number of hydrogen-bond acceptors (Lipinski definition) is 5. The van der Waals surface area contributed by atoms with E-state index in [0.29, 0.717) is 38.9 Å². The second kappa shape index (κ2) is 6.71. The Hall–Kier alpha value is -3.85. The summed E-state index contributed by atoms with van der Waals surface area (Å²) in [4.78, 5) is 38.5. The highest BCUT2D eigenvalue weighted by Crippen LogP contribution is 2.40. The number of benzene rings is 2. The van der Waals surface area contributed by atoms with E-state index in [1.807, 2.05) is 0 Å². The highest BCUT2D eigenvalue weighted by molar-refractivity contribution is 6.26. The molecule has 2 aromatic carbocycles. The molecule has 138 valence electrons. The van der Waals surface area contributed by atoms with Gasteiger partial charge in [0.25, 0.3) is 5.56 Å². The van der Waals surface area contributed by atoms with Gasteiger partial charge in [0, 0.05) is 21.9 Å². The molecule has 4 rings (SSSR count). The molecule has 1 aromatic heterocycles. The maximum atomic E-state index is 13.1. The fourth-order valence-corrected chi connectivity index (χ4v) is 3.53. The first-order chi connectivity index (χ1) is 13.6. The Kier molecular flexibility index (Phi) is 4.21. The maximum Gasteiger partial charge on any atom is 0.327 e. The number of ether oxygens (including phenoxy) is 2. The van der Waals surface area contributed by atoms with Crippen LogP contribution in [0, 0.1) is 12.3 Å². The van der Waals surface area contributed by atoms with E-state index in [1.165, 1.54) is 11.7 Å². The quantitative estimate of drug-likeness (QED) is 0.406. The van der Waals surface area contributed by atoms with Crippen molar-refractivity contribution in [1.29, 1.82) is 0 Å². The number of ketones is 1. The number of hydrogen-bond donors (Lipinski definition) is 0. The molecule has 0 fully saturated rings. The topological polar surface area (TPSA) is 74.6 Å². The first-order valence-electron chi connectivity index (χ1n) is 8.54. The fourth-order valence-electron chi connectivity index (χ4n) is 3.53. The van der Waals surface area contributed by atoms with Crippen molar-refractivity contribution < 1.29 is 19.1 Å². The minimum absolute atomic E-state index is 0.188. The minimum Gasteiger partial charge on any atom is -0.497 e. The van der Waals surface area contributed by atoms with Crippen LogP contribution in [0.1, 0.15) is 15.9 Å². The van der Waals surface area contributed by atoms with Crippen LogP contribution in [0.5, 0.6) is 5.75 Å². The number of terminal acetylenes is 1. The van der Waals surface area contributed by atoms with Gasteiger partial charge in [-0.2, -0.15) is 0 Å². The standard InChI is InChI=1S/C22H15NO5/c1-3-10-28-18(24)12-23-20-17-11-13(27-2)8-9-15(17)21(25)19(20)14-6-4-5-7-16(14)22(23)26/h1,4-9,11H,10,12H2,2H3. The van der Waals surface area contributed by atoms with E-state index >= 15 is 0 Å². The molecule has 0 unspecified atom stereocenters. The summed E-state index contributed by atoms with van der Waals surface area (Å²) in [5, 5.41) is 0.912. The van der Waals surface area contributed by atoms with Gasteiger partial charge in [-0.15, -0.1) is 6.42 Å². The Morgan fingerprint density at radius 3 is 2.57 bits per heavy atom. The van der Waals surface area contributed by atoms with E-state index in [1.54, 1.807) is 42.5 Å². The third kappa shape index (κ3) is 2.57. The molecular formula is C22H15NO5. The molecule has 1 aliphatic carbocycles. The van der Waals surface area contributed by atoms with Crippen molar-refractivity contribution in [2.45, 2.75) is 6.54 Å². The van der Waals surface area contributed by atoms with Gasteiger partial charge in [0.05, 0.1) is 18.4 Å². The van der Waals surface area contributed by atoms with Crippen LogP contribution in [0.2, 0.25) is 0 Å². The monoisotopic (exact) mass is 373 g/mol. The van der Waals surface area contributed by atoms with Crippen molar-refractivity contribution in [3.63, 3.8) is 0 Å². The lowest BCUT2D eigenvalue weighted by Crippen LogP contribution is -2.27. The third-order valence-electron chi connectivity index (χ3n) is 4.74. The predicted molar refractivity (Wildman–Crippen MR) is 103 cm³/mol. The molecule has 0 spiro atoms. The summed E-state index contributed by atoms with van der Waals surface area (Å²) < 4.78 is 11.5. The molecule has 28 heavy (non-hydrogen) atoms. The number of rotatable bonds is 4. The zero-order chi connectivity index (χ0) is 19.8. The van der Waals surface area contributed by atoms with Crippen LogP contribution in [-0.4, -0.2) is 30.0 Å². The van der Waals surface area contributed by atoms with Gasteiger partial charge in [-0.3, -0.25) is 19.0 Å². The zero-order valence-electron chi connectivity index (χ0n) is 15.0. The number of pyridine rings is 1. The Labute approximate surface area is 160 Å². The molecular weight excluding hydrogens is 358 g/mol. The van der Waals surface area contributed by atoms with Crippen molar-refractivity contribution in [3.05, 3.63) is 63.9 Å². The van der Waals surface area contributed by atoms with Crippen LogP contribution in [0.4, 0.5) is 0 Å². The lowest BCUT2D eigenvalue weighted by Gasteiger charge is -2.14. The number of carbonyl (C=O) groups excluding carboxylic acids is 2. The van der Waals surface area contributed by atoms with E-state index in [-0.39, 0.29) is 24.5 Å². The summed E-state index contributed by atoms with van der Waals surface area (Å²) in [6.07, 6.45) is 5.12. The van der Waals surface area contributed by atoms with Crippen molar-refractivity contribution in [3.8, 4) is 29.4 Å². The molecule has 0 saturated heterocycles. The number of nitrogens with zero attached hydrogens (tertiary/aromatic N) is 1. The maximum absolute atomic E-state index is 13.1. The average molecular weight is 373 g/mol. The second-order valence-electron chi connectivity index (χ2n) is 6.27. The number of methoxy groups -OCH3 is 1. The molecule has 0 N–H and O–H groups in total. The van der Waals surface area contributed by atoms with Gasteiger partial charge in [0.15, 0.2) is 12.4 Å². The Morgan fingerprint density at radius 1 is 1.11 bits per heavy atom. The van der Waals surface area contributed by atoms with E-state index in [2.05, 4.69) is 5.92 Å². The van der Waals surface area contributed by atoms with Gasteiger partial charge in [0.2, 0.25) is 0 Å². The summed E-state index contributed by atoms with van der Waals surface area (Å²) in [6.45, 7) is -0.537. The van der Waals surface area contributed by atoms with E-state index < -0.39 is 5.97 Å². The van der Waals surface area contributed by atoms with Gasteiger partial charge in [-0.25, -0.2) is 0 Å². The zero-order valence-corrected chi connectivity index (χ0v) is 15.0. The van der Waals surface area contributed by atoms with Crippen LogP contribution < -0.4 is 10.3 Å². The van der Waals surface area contributed by atoms with Crippen molar-refractivity contribution >= 4 is 22.5 Å². The molecule has 0 bridgehead atoms. The first kappa shape index (κ1) is 17.6. The van der Waals surface area contributed by atoms with E-state index in [4.69, 9.17) is 15.9 Å². The Bertz CT molecular complexity index is 1250. The summed E-state index contributed by atoms with van der Waals surface area (Å²) >= 11 is 0. The third-order valence-corrected chi connectivity index (χ3v) is 4.74. The van der Waals surface area contributed by atoms with Gasteiger partial charge < -0.3 is 9.47 Å². The molecule has 0 aliphatic heterocycles. The highest BCUT2D eigenvalue weighted by Gasteiger charge is 2.33. The fraction of sp³-hybridized carbons (Fsp3) is 0.136. The number of fused-ring (bicyclic) bond motifs is 5. The highest BCUT2D eigenvalue weighted by atomic mass is 16.5. The summed E-state index contributed by atoms with van der Waals surface area (Å²) in [7, 11) is 1.52. The first-order valence-corrected chi connectivity index (χ1v) is 8.54. The van der Waals surface area contributed by atoms with Crippen LogP contribution >= 0.6 is 0 Å². The van der Waals surface area contributed by atoms with Gasteiger partial charge in [-0.05, 0) is 24.3 Å². The predicted octanol–water partition coefficient (Wildman–Crippen LogP) is 2.40. The van der Waals surface area contributed by atoms with E-state index in [9.17, 15) is 14.4 Å². The molecule has 0 atom stereocenters. The SMILES string of the molecule is C#CCOC(=O)Cn1c2c(c3ccccc3c1=O)C(=O)c1ccc(OC)cc1-2. The lowest BCUT2D eigenvalue weighted by atomic mass is 10.0. The van der Waals surface area contributed by atoms with Crippen molar-refractivity contribution in [2.24, 2.45) is 0 Å². The van der Waals surface area contributed by atoms with E-state index in [0.717, 1.165) is 0 Å². The normalized spacial score (nSPS) is 11.6. The molecule has 0 saturated carbocycles. The molecule has 0 amide bonds. The molecule has 0 radical (unpaired) electrons. The molecule has 6 heteroatoms. The summed E-state index contributed by atoms with van der Waals surface area (Å²) in [5.41, 5.74) is 1.41. The van der Waals surface area contributed by atoms with Crippen LogP contribution in [0.3, 0.4) is 0 Å². The molecule has 1 aliphatic rings. The van der Waals surface area contributed by atoms with Crippen LogP contribution in [0.15, 0.2) is 47.3 Å². The Balaban J connectivity index is 2.04. The molecule has 3 aromatic rings. The number of carbonyl (C=O) groups is 2. The Morgan fingerprint density at radius 2 is 1.86 bits per heavy atom. The van der Waals surface area contributed by atoms with Crippen LogP contribution in [-0.2, 0) is 16.1 Å². The molecule has 1 heterocycles. The second-order valence-corrected chi connectivity index (χ2v) is 6.27. The summed E-state index contributed by atoms with van der Waals surface area (Å²) in [6, 6.07) is 11.9. The average Bonchev–Trinajstić information content (AvgIpc) is 3.01. The molecule has 6 nitrogen and oxygen atoms in total. The van der Waals surface area contributed by atoms with Gasteiger partial charge in [-0.1, -0.05) is 24.1 Å². The largest absolute Gasteiger partial charge is 0.497 e. The number of esters is 1. The lowest BCUT2D eigenvalue weighted by molar-refractivity contribution is -0.142. The van der Waals surface area contributed by atoms with Gasteiger partial charge >= 0.3 is 5.97 Å². The van der Waals surface area contributed by atoms with Crippen LogP contribution in [0.25, 0.3) is 22.0 Å². The van der Waals surface area contributed by atoms with Crippen molar-refractivity contribution in [1.82, 2.24) is 4.57 Å². The number of aromatic nitrogens is 1. The minimum atomic E-state index is -0.652. The smallest absolute Gasteiger partial charge is 0.327 e. The van der Waals surface area contributed by atoms with Crippen molar-refractivity contribution in [2.75, 3.05) is 13.7 Å². The van der Waals surface area contributed by atoms with Gasteiger partial charge in [0.1, 0.15) is 12.3 Å².